The molecule has 5 nitrogen and oxygen atoms in total. The van der Waals surface area contributed by atoms with Crippen molar-refractivity contribution in [2.24, 2.45) is 0 Å². The van der Waals surface area contributed by atoms with Crippen LogP contribution in [-0.2, 0) is 4.79 Å². The zero-order valence-electron chi connectivity index (χ0n) is 15.7. The highest BCUT2D eigenvalue weighted by Crippen LogP contribution is 2.29. The fourth-order valence-electron chi connectivity index (χ4n) is 3.25. The molecule has 27 heavy (non-hydrogen) atoms. The number of amides is 1. The Morgan fingerprint density at radius 3 is 2.26 bits per heavy atom. The van der Waals surface area contributed by atoms with E-state index in [1.807, 2.05) is 30.3 Å². The minimum Gasteiger partial charge on any atom is -0.493 e. The lowest BCUT2D eigenvalue weighted by Crippen LogP contribution is -2.39. The van der Waals surface area contributed by atoms with Gasteiger partial charge < -0.3 is 9.47 Å². The number of rotatable bonds is 7. The third-order valence-electron chi connectivity index (χ3n) is 4.63. The van der Waals surface area contributed by atoms with Crippen molar-refractivity contribution in [2.45, 2.75) is 32.1 Å². The van der Waals surface area contributed by atoms with Crippen LogP contribution in [0.3, 0.4) is 0 Å². The molecule has 5 heteroatoms. The molecule has 1 aliphatic carbocycles. The third-order valence-corrected chi connectivity index (χ3v) is 4.63. The summed E-state index contributed by atoms with van der Waals surface area (Å²) in [5.74, 6) is 0.905. The summed E-state index contributed by atoms with van der Waals surface area (Å²) in [4.78, 5) is 12.3. The topological polar surface area (TPSA) is 59.6 Å². The Morgan fingerprint density at radius 2 is 1.56 bits per heavy atom. The van der Waals surface area contributed by atoms with Crippen LogP contribution in [0, 0.1) is 0 Å². The van der Waals surface area contributed by atoms with E-state index in [0.29, 0.717) is 11.5 Å². The van der Waals surface area contributed by atoms with Gasteiger partial charge >= 0.3 is 0 Å². The van der Waals surface area contributed by atoms with Gasteiger partial charge in [-0.05, 0) is 49.0 Å². The Hall–Kier alpha value is -2.95. The SMILES string of the molecule is COc1ccccc1OCC(=O)NNC(=C1CCCCC1)c1ccccc1. The van der Waals surface area contributed by atoms with Crippen LogP contribution in [0.1, 0.15) is 37.7 Å². The van der Waals surface area contributed by atoms with Gasteiger partial charge in [-0.25, -0.2) is 0 Å². The van der Waals surface area contributed by atoms with Crippen LogP contribution in [0.4, 0.5) is 0 Å². The van der Waals surface area contributed by atoms with Crippen molar-refractivity contribution in [1.29, 1.82) is 0 Å². The number of ether oxygens (including phenoxy) is 2. The first-order chi connectivity index (χ1) is 13.3. The number of allylic oxidation sites excluding steroid dienone is 1. The lowest BCUT2D eigenvalue weighted by Gasteiger charge is -2.21. The first kappa shape index (κ1) is 18.8. The molecule has 1 fully saturated rings. The van der Waals surface area contributed by atoms with Gasteiger partial charge in [0.05, 0.1) is 12.8 Å². The van der Waals surface area contributed by atoms with Gasteiger partial charge in [-0.15, -0.1) is 0 Å². The van der Waals surface area contributed by atoms with E-state index in [1.165, 1.54) is 24.8 Å². The van der Waals surface area contributed by atoms with E-state index in [9.17, 15) is 4.79 Å². The molecule has 0 heterocycles. The Morgan fingerprint density at radius 1 is 0.889 bits per heavy atom. The maximum Gasteiger partial charge on any atom is 0.276 e. The maximum atomic E-state index is 12.3. The van der Waals surface area contributed by atoms with Crippen LogP contribution >= 0.6 is 0 Å². The summed E-state index contributed by atoms with van der Waals surface area (Å²) in [7, 11) is 1.58. The number of nitrogens with one attached hydrogen (secondary N) is 2. The van der Waals surface area contributed by atoms with Crippen molar-refractivity contribution in [3.05, 3.63) is 65.7 Å². The molecule has 0 atom stereocenters. The molecule has 142 valence electrons. The fourth-order valence-corrected chi connectivity index (χ4v) is 3.25. The van der Waals surface area contributed by atoms with Crippen LogP contribution in [0.2, 0.25) is 0 Å². The Bertz CT molecular complexity index is 779. The molecule has 1 amide bonds. The van der Waals surface area contributed by atoms with Gasteiger partial charge in [-0.1, -0.05) is 48.9 Å². The summed E-state index contributed by atoms with van der Waals surface area (Å²) in [6.07, 6.45) is 5.77. The van der Waals surface area contributed by atoms with E-state index in [2.05, 4.69) is 23.0 Å². The molecule has 1 saturated carbocycles. The van der Waals surface area contributed by atoms with E-state index >= 15 is 0 Å². The van der Waals surface area contributed by atoms with Gasteiger partial charge in [0.15, 0.2) is 18.1 Å². The average Bonchev–Trinajstić information content (AvgIpc) is 2.74. The molecular weight excluding hydrogens is 340 g/mol. The van der Waals surface area contributed by atoms with Crippen molar-refractivity contribution in [2.75, 3.05) is 13.7 Å². The second kappa shape index (κ2) is 9.67. The molecule has 0 spiro atoms. The summed E-state index contributed by atoms with van der Waals surface area (Å²) in [6, 6.07) is 17.4. The lowest BCUT2D eigenvalue weighted by molar-refractivity contribution is -0.123. The van der Waals surface area contributed by atoms with Crippen molar-refractivity contribution >= 4 is 11.6 Å². The quantitative estimate of drug-likeness (QED) is 0.725. The van der Waals surface area contributed by atoms with Gasteiger partial charge in [0, 0.05) is 0 Å². The summed E-state index contributed by atoms with van der Waals surface area (Å²) < 4.78 is 10.8. The van der Waals surface area contributed by atoms with E-state index in [-0.39, 0.29) is 12.5 Å². The van der Waals surface area contributed by atoms with Gasteiger partial charge in [-0.3, -0.25) is 15.6 Å². The number of hydrogen-bond acceptors (Lipinski definition) is 4. The van der Waals surface area contributed by atoms with Gasteiger partial charge in [0.1, 0.15) is 0 Å². The molecule has 0 unspecified atom stereocenters. The zero-order chi connectivity index (χ0) is 18.9. The average molecular weight is 366 g/mol. The summed E-state index contributed by atoms with van der Waals surface area (Å²) in [5, 5.41) is 0. The molecular formula is C22H26N2O3. The number of carbonyl (C=O) groups excluding carboxylic acids is 1. The second-order valence-electron chi connectivity index (χ2n) is 6.52. The van der Waals surface area contributed by atoms with E-state index < -0.39 is 0 Å². The van der Waals surface area contributed by atoms with Crippen LogP contribution in [0.15, 0.2) is 60.2 Å². The van der Waals surface area contributed by atoms with E-state index in [4.69, 9.17) is 9.47 Å². The molecule has 0 aromatic heterocycles. The predicted octanol–water partition coefficient (Wildman–Crippen LogP) is 4.07. The van der Waals surface area contributed by atoms with Crippen molar-refractivity contribution < 1.29 is 14.3 Å². The summed E-state index contributed by atoms with van der Waals surface area (Å²) in [5.41, 5.74) is 9.36. The minimum atomic E-state index is -0.245. The van der Waals surface area contributed by atoms with Crippen molar-refractivity contribution in [1.82, 2.24) is 10.9 Å². The van der Waals surface area contributed by atoms with Gasteiger partial charge in [0.2, 0.25) is 0 Å². The van der Waals surface area contributed by atoms with E-state index in [1.54, 1.807) is 19.2 Å². The molecule has 2 N–H and O–H groups in total. The molecule has 2 aromatic carbocycles. The normalized spacial score (nSPS) is 13.6. The minimum absolute atomic E-state index is 0.0925. The Labute approximate surface area is 160 Å². The van der Waals surface area contributed by atoms with Crippen molar-refractivity contribution in [3.8, 4) is 11.5 Å². The van der Waals surface area contributed by atoms with Crippen LogP contribution in [0.25, 0.3) is 5.70 Å². The number of benzene rings is 2. The molecule has 0 saturated heterocycles. The highest BCUT2D eigenvalue weighted by atomic mass is 16.5. The molecule has 1 aliphatic rings. The van der Waals surface area contributed by atoms with Crippen LogP contribution in [-0.4, -0.2) is 19.6 Å². The van der Waals surface area contributed by atoms with Crippen molar-refractivity contribution in [3.63, 3.8) is 0 Å². The molecule has 0 radical (unpaired) electrons. The second-order valence-corrected chi connectivity index (χ2v) is 6.52. The predicted molar refractivity (Wildman–Crippen MR) is 106 cm³/mol. The number of para-hydroxylation sites is 2. The zero-order valence-corrected chi connectivity index (χ0v) is 15.7. The number of hydrazine groups is 1. The molecule has 2 aromatic rings. The van der Waals surface area contributed by atoms with Gasteiger partial charge in [-0.2, -0.15) is 0 Å². The van der Waals surface area contributed by atoms with Gasteiger partial charge in [0.25, 0.3) is 5.91 Å². The van der Waals surface area contributed by atoms with Crippen LogP contribution in [0.5, 0.6) is 11.5 Å². The Balaban J connectivity index is 1.62. The fraction of sp³-hybridized carbons (Fsp3) is 0.318. The summed E-state index contributed by atoms with van der Waals surface area (Å²) >= 11 is 0. The molecule has 3 rings (SSSR count). The highest BCUT2D eigenvalue weighted by molar-refractivity contribution is 5.79. The number of hydrogen-bond donors (Lipinski definition) is 2. The number of carbonyl (C=O) groups is 1. The van der Waals surface area contributed by atoms with E-state index in [0.717, 1.165) is 24.1 Å². The third kappa shape index (κ3) is 5.26. The smallest absolute Gasteiger partial charge is 0.276 e. The maximum absolute atomic E-state index is 12.3. The highest BCUT2D eigenvalue weighted by Gasteiger charge is 2.14. The lowest BCUT2D eigenvalue weighted by atomic mass is 9.91. The number of methoxy groups -OCH3 is 1. The first-order valence-corrected chi connectivity index (χ1v) is 9.36. The standard InChI is InChI=1S/C22H26N2O3/c1-26-19-14-8-9-15-20(19)27-16-21(25)23-24-22(17-10-4-2-5-11-17)18-12-6-3-7-13-18/h2,4-5,8-11,14-15,24H,3,6-7,12-13,16H2,1H3,(H,23,25). The largest absolute Gasteiger partial charge is 0.493 e. The molecule has 0 aliphatic heterocycles. The first-order valence-electron chi connectivity index (χ1n) is 9.36. The summed E-state index contributed by atoms with van der Waals surface area (Å²) in [6.45, 7) is -0.0925. The molecule has 0 bridgehead atoms. The Kier molecular flexibility index (Phi) is 6.74. The monoisotopic (exact) mass is 366 g/mol. The van der Waals surface area contributed by atoms with Crippen LogP contribution < -0.4 is 20.3 Å².